The van der Waals surface area contributed by atoms with Gasteiger partial charge in [0.2, 0.25) is 0 Å². The molecule has 0 saturated heterocycles. The number of phenolic OH excluding ortho intramolecular Hbond substituents is 2. The number of aromatic hydroxyl groups is 2. The summed E-state index contributed by atoms with van der Waals surface area (Å²) in [5.74, 6) is -0.522. The fourth-order valence-electron chi connectivity index (χ4n) is 1.15. The number of ketones is 1. The number of benzene rings is 1. The van der Waals surface area contributed by atoms with E-state index in [0.29, 0.717) is 5.56 Å². The summed E-state index contributed by atoms with van der Waals surface area (Å²) in [7, 11) is 0. The van der Waals surface area contributed by atoms with Gasteiger partial charge in [-0.05, 0) is 24.6 Å². The number of Topliss-reactive ketones (excluding diaryl/α,β-unsaturated/α-hetero) is 1. The van der Waals surface area contributed by atoms with E-state index in [1.165, 1.54) is 18.2 Å². The Hall–Kier alpha value is -1.51. The van der Waals surface area contributed by atoms with Crippen molar-refractivity contribution in [2.45, 2.75) is 20.3 Å². The lowest BCUT2D eigenvalue weighted by atomic mass is 9.97. The fourth-order valence-corrected chi connectivity index (χ4v) is 1.15. The summed E-state index contributed by atoms with van der Waals surface area (Å²) in [5, 5.41) is 18.3. The molecule has 76 valence electrons. The normalized spacial score (nSPS) is 12.4. The average Bonchev–Trinajstić information content (AvgIpc) is 2.20. The van der Waals surface area contributed by atoms with E-state index < -0.39 is 0 Å². The lowest BCUT2D eigenvalue weighted by Crippen LogP contribution is -2.09. The predicted octanol–water partition coefficient (Wildman–Crippen LogP) is 2.33. The van der Waals surface area contributed by atoms with Gasteiger partial charge in [-0.25, -0.2) is 0 Å². The van der Waals surface area contributed by atoms with Crippen molar-refractivity contribution in [3.63, 3.8) is 0 Å². The van der Waals surface area contributed by atoms with E-state index in [2.05, 4.69) is 0 Å². The van der Waals surface area contributed by atoms with E-state index in [0.717, 1.165) is 6.42 Å². The summed E-state index contributed by atoms with van der Waals surface area (Å²) >= 11 is 0. The molecule has 0 aromatic heterocycles. The van der Waals surface area contributed by atoms with Gasteiger partial charge >= 0.3 is 0 Å². The third kappa shape index (κ3) is 2.05. The standard InChI is InChI=1S/C11H14O3/c1-3-7(2)11(14)8-4-5-9(12)10(13)6-8/h4-7,12-13H,3H2,1-2H3. The molecular weight excluding hydrogens is 180 g/mol. The molecule has 3 nitrogen and oxygen atoms in total. The number of carbonyl (C=O) groups is 1. The maximum absolute atomic E-state index is 11.6. The third-order valence-corrected chi connectivity index (χ3v) is 2.32. The van der Waals surface area contributed by atoms with Crippen molar-refractivity contribution >= 4 is 5.78 Å². The van der Waals surface area contributed by atoms with Crippen molar-refractivity contribution in [1.29, 1.82) is 0 Å². The van der Waals surface area contributed by atoms with Crippen molar-refractivity contribution in [1.82, 2.24) is 0 Å². The van der Waals surface area contributed by atoms with E-state index in [-0.39, 0.29) is 23.2 Å². The summed E-state index contributed by atoms with van der Waals surface area (Å²) in [6.07, 6.45) is 0.764. The van der Waals surface area contributed by atoms with Gasteiger partial charge in [-0.2, -0.15) is 0 Å². The molecule has 1 rings (SSSR count). The minimum Gasteiger partial charge on any atom is -0.504 e. The second-order valence-electron chi connectivity index (χ2n) is 3.38. The Bertz CT molecular complexity index is 344. The summed E-state index contributed by atoms with van der Waals surface area (Å²) in [6, 6.07) is 4.14. The summed E-state index contributed by atoms with van der Waals surface area (Å²) in [6.45, 7) is 3.77. The van der Waals surface area contributed by atoms with Crippen molar-refractivity contribution in [2.75, 3.05) is 0 Å². The van der Waals surface area contributed by atoms with Gasteiger partial charge in [0.25, 0.3) is 0 Å². The van der Waals surface area contributed by atoms with Gasteiger partial charge in [0.05, 0.1) is 0 Å². The number of carbonyl (C=O) groups excluding carboxylic acids is 1. The first kappa shape index (κ1) is 10.6. The van der Waals surface area contributed by atoms with Crippen molar-refractivity contribution in [3.8, 4) is 11.5 Å². The molecule has 0 heterocycles. The Morgan fingerprint density at radius 3 is 2.50 bits per heavy atom. The minimum absolute atomic E-state index is 0.0113. The summed E-state index contributed by atoms with van der Waals surface area (Å²) < 4.78 is 0. The van der Waals surface area contributed by atoms with Crippen LogP contribution in [0.4, 0.5) is 0 Å². The number of hydrogen-bond acceptors (Lipinski definition) is 3. The zero-order valence-electron chi connectivity index (χ0n) is 8.32. The SMILES string of the molecule is CCC(C)C(=O)c1ccc(O)c(O)c1. The Morgan fingerprint density at radius 1 is 1.36 bits per heavy atom. The smallest absolute Gasteiger partial charge is 0.165 e. The van der Waals surface area contributed by atoms with Gasteiger partial charge in [-0.1, -0.05) is 13.8 Å². The van der Waals surface area contributed by atoms with Crippen molar-refractivity contribution in [3.05, 3.63) is 23.8 Å². The van der Waals surface area contributed by atoms with E-state index in [1.54, 1.807) is 0 Å². The second kappa shape index (κ2) is 4.13. The van der Waals surface area contributed by atoms with Crippen LogP contribution in [0.1, 0.15) is 30.6 Å². The molecule has 1 aromatic carbocycles. The largest absolute Gasteiger partial charge is 0.504 e. The second-order valence-corrected chi connectivity index (χ2v) is 3.38. The van der Waals surface area contributed by atoms with Crippen LogP contribution in [0.25, 0.3) is 0 Å². The Morgan fingerprint density at radius 2 is 2.00 bits per heavy atom. The highest BCUT2D eigenvalue weighted by atomic mass is 16.3. The van der Waals surface area contributed by atoms with Crippen LogP contribution in [0.15, 0.2) is 18.2 Å². The maximum Gasteiger partial charge on any atom is 0.165 e. The quantitative estimate of drug-likeness (QED) is 0.573. The zero-order valence-corrected chi connectivity index (χ0v) is 8.32. The van der Waals surface area contributed by atoms with Crippen LogP contribution in [-0.2, 0) is 0 Å². The van der Waals surface area contributed by atoms with Crippen LogP contribution >= 0.6 is 0 Å². The molecule has 0 saturated carbocycles. The molecule has 14 heavy (non-hydrogen) atoms. The van der Waals surface area contributed by atoms with Crippen molar-refractivity contribution < 1.29 is 15.0 Å². The number of hydrogen-bond donors (Lipinski definition) is 2. The average molecular weight is 194 g/mol. The van der Waals surface area contributed by atoms with Gasteiger partial charge in [0.15, 0.2) is 17.3 Å². The van der Waals surface area contributed by atoms with E-state index in [1.807, 2.05) is 13.8 Å². The molecule has 0 bridgehead atoms. The fraction of sp³-hybridized carbons (Fsp3) is 0.364. The van der Waals surface area contributed by atoms with E-state index in [9.17, 15) is 9.90 Å². The van der Waals surface area contributed by atoms with Crippen LogP contribution in [0.2, 0.25) is 0 Å². The molecule has 1 aromatic rings. The highest BCUT2D eigenvalue weighted by Crippen LogP contribution is 2.26. The first-order valence-corrected chi connectivity index (χ1v) is 4.62. The Labute approximate surface area is 83.0 Å². The number of rotatable bonds is 3. The molecule has 0 fully saturated rings. The van der Waals surface area contributed by atoms with Gasteiger partial charge in [-0.15, -0.1) is 0 Å². The molecule has 0 radical (unpaired) electrons. The highest BCUT2D eigenvalue weighted by Gasteiger charge is 2.14. The third-order valence-electron chi connectivity index (χ3n) is 2.32. The van der Waals surface area contributed by atoms with Crippen LogP contribution < -0.4 is 0 Å². The van der Waals surface area contributed by atoms with Crippen LogP contribution in [0, 0.1) is 5.92 Å². The molecule has 3 heteroatoms. The van der Waals surface area contributed by atoms with Gasteiger partial charge in [0, 0.05) is 11.5 Å². The molecule has 0 aliphatic rings. The molecular formula is C11H14O3. The van der Waals surface area contributed by atoms with Crippen LogP contribution in [0.5, 0.6) is 11.5 Å². The van der Waals surface area contributed by atoms with E-state index >= 15 is 0 Å². The minimum atomic E-state index is -0.251. The molecule has 0 amide bonds. The first-order valence-electron chi connectivity index (χ1n) is 4.62. The van der Waals surface area contributed by atoms with Gasteiger partial charge in [0.1, 0.15) is 0 Å². The molecule has 1 atom stereocenters. The molecule has 0 spiro atoms. The Kier molecular flexibility index (Phi) is 3.12. The first-order chi connectivity index (χ1) is 6.56. The molecule has 0 aliphatic heterocycles. The monoisotopic (exact) mass is 194 g/mol. The van der Waals surface area contributed by atoms with E-state index in [4.69, 9.17) is 5.11 Å². The van der Waals surface area contributed by atoms with Crippen LogP contribution in [0.3, 0.4) is 0 Å². The maximum atomic E-state index is 11.6. The lowest BCUT2D eigenvalue weighted by Gasteiger charge is -2.07. The number of phenols is 2. The molecule has 1 unspecified atom stereocenters. The molecule has 2 N–H and O–H groups in total. The zero-order chi connectivity index (χ0) is 10.7. The molecule has 0 aliphatic carbocycles. The Balaban J connectivity index is 2.97. The predicted molar refractivity (Wildman–Crippen MR) is 53.6 cm³/mol. The summed E-state index contributed by atoms with van der Waals surface area (Å²) in [5.41, 5.74) is 0.439. The summed E-state index contributed by atoms with van der Waals surface area (Å²) in [4.78, 5) is 11.6. The van der Waals surface area contributed by atoms with Crippen molar-refractivity contribution in [2.24, 2.45) is 5.92 Å². The lowest BCUT2D eigenvalue weighted by molar-refractivity contribution is 0.0927. The van der Waals surface area contributed by atoms with Gasteiger partial charge in [-0.3, -0.25) is 4.79 Å². The highest BCUT2D eigenvalue weighted by molar-refractivity contribution is 5.98. The van der Waals surface area contributed by atoms with Gasteiger partial charge < -0.3 is 10.2 Å². The topological polar surface area (TPSA) is 57.5 Å². The van der Waals surface area contributed by atoms with Crippen LogP contribution in [-0.4, -0.2) is 16.0 Å².